The predicted octanol–water partition coefficient (Wildman–Crippen LogP) is 2.59. The van der Waals surface area contributed by atoms with Crippen LogP contribution in [0.25, 0.3) is 0 Å². The molecule has 16 heavy (non-hydrogen) atoms. The Kier molecular flexibility index (Phi) is 3.97. The summed E-state index contributed by atoms with van der Waals surface area (Å²) in [5.41, 5.74) is 1.34. The van der Waals surface area contributed by atoms with Crippen LogP contribution in [-0.4, -0.2) is 29.2 Å². The fourth-order valence-corrected chi connectivity index (χ4v) is 2.51. The van der Waals surface area contributed by atoms with Gasteiger partial charge in [0.15, 0.2) is 0 Å². The van der Waals surface area contributed by atoms with Gasteiger partial charge in [-0.15, -0.1) is 0 Å². The van der Waals surface area contributed by atoms with Gasteiger partial charge in [-0.2, -0.15) is 0 Å². The minimum atomic E-state index is -0.151. The maximum Gasteiger partial charge on any atom is 0.0685 e. The molecule has 2 unspecified atom stereocenters. The van der Waals surface area contributed by atoms with Gasteiger partial charge in [0.25, 0.3) is 0 Å². The molecule has 1 saturated heterocycles. The SMILES string of the molecule is CCCCN1CC(O)CC1c1ccccc1. The molecule has 0 bridgehead atoms. The lowest BCUT2D eigenvalue weighted by molar-refractivity contribution is 0.174. The van der Waals surface area contributed by atoms with E-state index < -0.39 is 0 Å². The highest BCUT2D eigenvalue weighted by atomic mass is 16.3. The van der Waals surface area contributed by atoms with Gasteiger partial charge < -0.3 is 5.11 Å². The first kappa shape index (κ1) is 11.6. The second kappa shape index (κ2) is 5.46. The van der Waals surface area contributed by atoms with E-state index >= 15 is 0 Å². The molecule has 2 heteroatoms. The topological polar surface area (TPSA) is 23.5 Å². The van der Waals surface area contributed by atoms with Crippen LogP contribution < -0.4 is 0 Å². The Morgan fingerprint density at radius 1 is 1.31 bits per heavy atom. The van der Waals surface area contributed by atoms with Crippen molar-refractivity contribution in [3.05, 3.63) is 35.9 Å². The van der Waals surface area contributed by atoms with Gasteiger partial charge in [0.2, 0.25) is 0 Å². The summed E-state index contributed by atoms with van der Waals surface area (Å²) in [5, 5.41) is 9.79. The maximum atomic E-state index is 9.79. The molecular formula is C14H21NO. The molecule has 1 fully saturated rings. The number of likely N-dealkylation sites (tertiary alicyclic amines) is 1. The molecule has 0 saturated carbocycles. The van der Waals surface area contributed by atoms with Crippen molar-refractivity contribution >= 4 is 0 Å². The number of aliphatic hydroxyl groups is 1. The first-order chi connectivity index (χ1) is 7.81. The molecule has 0 amide bonds. The number of benzene rings is 1. The third-order valence-corrected chi connectivity index (χ3v) is 3.36. The predicted molar refractivity (Wildman–Crippen MR) is 66.3 cm³/mol. The lowest BCUT2D eigenvalue weighted by atomic mass is 10.0. The van der Waals surface area contributed by atoms with Gasteiger partial charge in [0.05, 0.1) is 6.10 Å². The second-order valence-electron chi connectivity index (χ2n) is 4.66. The Bertz CT molecular complexity index is 312. The van der Waals surface area contributed by atoms with Crippen LogP contribution in [0.4, 0.5) is 0 Å². The van der Waals surface area contributed by atoms with Crippen molar-refractivity contribution in [2.75, 3.05) is 13.1 Å². The summed E-state index contributed by atoms with van der Waals surface area (Å²) in [6.07, 6.45) is 3.17. The van der Waals surface area contributed by atoms with Gasteiger partial charge in [-0.25, -0.2) is 0 Å². The highest BCUT2D eigenvalue weighted by Crippen LogP contribution is 2.31. The molecule has 1 aromatic rings. The summed E-state index contributed by atoms with van der Waals surface area (Å²) in [5.74, 6) is 0. The van der Waals surface area contributed by atoms with Crippen LogP contribution in [0.3, 0.4) is 0 Å². The molecule has 1 aliphatic rings. The van der Waals surface area contributed by atoms with E-state index in [1.165, 1.54) is 18.4 Å². The van der Waals surface area contributed by atoms with Gasteiger partial charge >= 0.3 is 0 Å². The molecule has 0 spiro atoms. The summed E-state index contributed by atoms with van der Waals surface area (Å²) in [7, 11) is 0. The third-order valence-electron chi connectivity index (χ3n) is 3.36. The molecule has 1 N–H and O–H groups in total. The molecule has 1 aromatic carbocycles. The molecule has 88 valence electrons. The van der Waals surface area contributed by atoms with Crippen LogP contribution in [-0.2, 0) is 0 Å². The van der Waals surface area contributed by atoms with E-state index in [9.17, 15) is 5.11 Å². The monoisotopic (exact) mass is 219 g/mol. The smallest absolute Gasteiger partial charge is 0.0685 e. The van der Waals surface area contributed by atoms with Crippen molar-refractivity contribution in [2.24, 2.45) is 0 Å². The van der Waals surface area contributed by atoms with Crippen LogP contribution in [0.2, 0.25) is 0 Å². The van der Waals surface area contributed by atoms with Crippen molar-refractivity contribution in [3.63, 3.8) is 0 Å². The van der Waals surface area contributed by atoms with Crippen LogP contribution in [0.5, 0.6) is 0 Å². The average Bonchev–Trinajstić information content (AvgIpc) is 2.69. The number of hydrogen-bond donors (Lipinski definition) is 1. The largest absolute Gasteiger partial charge is 0.392 e. The van der Waals surface area contributed by atoms with Crippen LogP contribution in [0.15, 0.2) is 30.3 Å². The van der Waals surface area contributed by atoms with E-state index in [4.69, 9.17) is 0 Å². The first-order valence-corrected chi connectivity index (χ1v) is 6.28. The number of β-amino-alcohol motifs (C(OH)–C–C–N with tert-alkyl or cyclic N) is 1. The molecule has 2 rings (SSSR count). The van der Waals surface area contributed by atoms with Crippen LogP contribution in [0.1, 0.15) is 37.8 Å². The molecule has 1 heterocycles. The summed E-state index contributed by atoms with van der Waals surface area (Å²) in [6, 6.07) is 11.0. The van der Waals surface area contributed by atoms with Crippen molar-refractivity contribution < 1.29 is 5.11 Å². The Hall–Kier alpha value is -0.860. The Labute approximate surface area is 97.9 Å². The minimum absolute atomic E-state index is 0.151. The number of nitrogens with zero attached hydrogens (tertiary/aromatic N) is 1. The zero-order valence-electron chi connectivity index (χ0n) is 9.97. The Balaban J connectivity index is 2.06. The van der Waals surface area contributed by atoms with Crippen LogP contribution in [0, 0.1) is 0 Å². The van der Waals surface area contributed by atoms with Crippen molar-refractivity contribution in [2.45, 2.75) is 38.3 Å². The summed E-state index contributed by atoms with van der Waals surface area (Å²) in [4.78, 5) is 2.42. The third kappa shape index (κ3) is 2.63. The lowest BCUT2D eigenvalue weighted by Gasteiger charge is -2.24. The molecular weight excluding hydrogens is 198 g/mol. The van der Waals surface area contributed by atoms with Gasteiger partial charge in [-0.3, -0.25) is 4.90 Å². The van der Waals surface area contributed by atoms with Gasteiger partial charge in [-0.1, -0.05) is 43.7 Å². The van der Waals surface area contributed by atoms with E-state index in [0.29, 0.717) is 6.04 Å². The summed E-state index contributed by atoms with van der Waals surface area (Å²) in [6.45, 7) is 4.15. The Morgan fingerprint density at radius 2 is 2.06 bits per heavy atom. The fraction of sp³-hybridized carbons (Fsp3) is 0.571. The molecule has 0 aromatic heterocycles. The first-order valence-electron chi connectivity index (χ1n) is 6.28. The normalized spacial score (nSPS) is 26.1. The van der Waals surface area contributed by atoms with E-state index in [0.717, 1.165) is 19.5 Å². The van der Waals surface area contributed by atoms with Gasteiger partial charge in [-0.05, 0) is 24.9 Å². The molecule has 0 aliphatic carbocycles. The van der Waals surface area contributed by atoms with Crippen molar-refractivity contribution in [1.82, 2.24) is 4.90 Å². The molecule has 1 aliphatic heterocycles. The van der Waals surface area contributed by atoms with Gasteiger partial charge in [0, 0.05) is 12.6 Å². The second-order valence-corrected chi connectivity index (χ2v) is 4.66. The van der Waals surface area contributed by atoms with Crippen molar-refractivity contribution in [1.29, 1.82) is 0 Å². The standard InChI is InChI=1S/C14H21NO/c1-2-3-9-15-11-13(16)10-14(15)12-7-5-4-6-8-12/h4-8,13-14,16H,2-3,9-11H2,1H3. The average molecular weight is 219 g/mol. The number of rotatable bonds is 4. The van der Waals surface area contributed by atoms with E-state index in [1.807, 2.05) is 6.07 Å². The summed E-state index contributed by atoms with van der Waals surface area (Å²) >= 11 is 0. The molecule has 0 radical (unpaired) electrons. The van der Waals surface area contributed by atoms with Crippen LogP contribution >= 0.6 is 0 Å². The molecule has 2 atom stereocenters. The van der Waals surface area contributed by atoms with E-state index in [-0.39, 0.29) is 6.10 Å². The fourth-order valence-electron chi connectivity index (χ4n) is 2.51. The highest BCUT2D eigenvalue weighted by molar-refractivity contribution is 5.20. The number of aliphatic hydroxyl groups excluding tert-OH is 1. The Morgan fingerprint density at radius 3 is 2.75 bits per heavy atom. The minimum Gasteiger partial charge on any atom is -0.392 e. The van der Waals surface area contributed by atoms with Gasteiger partial charge in [0.1, 0.15) is 0 Å². The summed E-state index contributed by atoms with van der Waals surface area (Å²) < 4.78 is 0. The van der Waals surface area contributed by atoms with E-state index in [2.05, 4.69) is 36.1 Å². The zero-order valence-corrected chi connectivity index (χ0v) is 9.97. The number of hydrogen-bond acceptors (Lipinski definition) is 2. The number of unbranched alkanes of at least 4 members (excludes halogenated alkanes) is 1. The quantitative estimate of drug-likeness (QED) is 0.841. The van der Waals surface area contributed by atoms with Crippen molar-refractivity contribution in [3.8, 4) is 0 Å². The maximum absolute atomic E-state index is 9.79. The zero-order chi connectivity index (χ0) is 11.4. The lowest BCUT2D eigenvalue weighted by Crippen LogP contribution is -2.25. The van der Waals surface area contributed by atoms with E-state index in [1.54, 1.807) is 0 Å². The molecule has 2 nitrogen and oxygen atoms in total. The highest BCUT2D eigenvalue weighted by Gasteiger charge is 2.30.